The van der Waals surface area contributed by atoms with E-state index in [1.807, 2.05) is 0 Å². The number of hydrogen-bond acceptors (Lipinski definition) is 4. The summed E-state index contributed by atoms with van der Waals surface area (Å²) >= 11 is 0. The van der Waals surface area contributed by atoms with Gasteiger partial charge >= 0.3 is 0 Å². The minimum absolute atomic E-state index is 0.0847. The highest BCUT2D eigenvalue weighted by Gasteiger charge is 2.18. The van der Waals surface area contributed by atoms with E-state index in [2.05, 4.69) is 0 Å². The van der Waals surface area contributed by atoms with E-state index < -0.39 is 12.4 Å². The van der Waals surface area contributed by atoms with Gasteiger partial charge in [0.05, 0.1) is 16.0 Å². The molecule has 0 saturated carbocycles. The molecule has 3 rings (SSSR count). The summed E-state index contributed by atoms with van der Waals surface area (Å²) in [5.41, 5.74) is 6.66. The number of hydrogen-bond donors (Lipinski definition) is 1. The van der Waals surface area contributed by atoms with Crippen LogP contribution in [0.5, 0.6) is 5.75 Å². The maximum Gasteiger partial charge on any atom is 0.254 e. The lowest BCUT2D eigenvalue weighted by Crippen LogP contribution is -2.40. The fourth-order valence-corrected chi connectivity index (χ4v) is 2.66. The van der Waals surface area contributed by atoms with E-state index in [4.69, 9.17) is 17.9 Å². The molecular formula is C19H21FN2O3. The number of amides is 1. The van der Waals surface area contributed by atoms with E-state index in [0.29, 0.717) is 37.4 Å². The molecule has 0 spiro atoms. The quantitative estimate of drug-likeness (QED) is 0.902. The Morgan fingerprint density at radius 3 is 2.64 bits per heavy atom. The highest BCUT2D eigenvalue weighted by molar-refractivity contribution is 5.94. The molecule has 1 amide bonds. The molecule has 2 aromatic rings. The van der Waals surface area contributed by atoms with Gasteiger partial charge in [0, 0.05) is 30.8 Å². The molecule has 1 aliphatic heterocycles. The second-order valence-corrected chi connectivity index (χ2v) is 5.57. The van der Waals surface area contributed by atoms with Gasteiger partial charge in [-0.3, -0.25) is 4.79 Å². The van der Waals surface area contributed by atoms with Gasteiger partial charge in [0.15, 0.2) is 0 Å². The molecule has 5 nitrogen and oxygen atoms in total. The van der Waals surface area contributed by atoms with Crippen LogP contribution in [0.2, 0.25) is 0 Å². The van der Waals surface area contributed by atoms with Gasteiger partial charge in [-0.2, -0.15) is 0 Å². The Balaban J connectivity index is 1.81. The van der Waals surface area contributed by atoms with Crippen molar-refractivity contribution in [2.75, 3.05) is 39.4 Å². The van der Waals surface area contributed by atoms with Gasteiger partial charge in [-0.05, 0) is 35.9 Å². The molecule has 25 heavy (non-hydrogen) atoms. The largest absolute Gasteiger partial charge is 0.492 e. The van der Waals surface area contributed by atoms with Gasteiger partial charge < -0.3 is 20.1 Å². The van der Waals surface area contributed by atoms with Crippen molar-refractivity contribution < 1.29 is 21.4 Å². The lowest BCUT2D eigenvalue weighted by molar-refractivity contribution is 0.0303. The van der Waals surface area contributed by atoms with Crippen molar-refractivity contribution in [3.05, 3.63) is 53.8 Å². The molecule has 0 unspecified atom stereocenters. The van der Waals surface area contributed by atoms with Crippen LogP contribution in [-0.2, 0) is 4.74 Å². The highest BCUT2D eigenvalue weighted by Crippen LogP contribution is 2.27. The molecule has 132 valence electrons. The second-order valence-electron chi connectivity index (χ2n) is 5.57. The van der Waals surface area contributed by atoms with E-state index in [0.717, 1.165) is 0 Å². The van der Waals surface area contributed by atoms with Crippen LogP contribution >= 0.6 is 0 Å². The highest BCUT2D eigenvalue weighted by atomic mass is 19.1. The number of nitrogens with zero attached hydrogens (tertiary/aromatic N) is 1. The van der Waals surface area contributed by atoms with Crippen molar-refractivity contribution in [3.63, 3.8) is 0 Å². The van der Waals surface area contributed by atoms with Crippen LogP contribution in [0.4, 0.5) is 4.39 Å². The third-order valence-corrected chi connectivity index (χ3v) is 3.95. The Labute approximate surface area is 149 Å². The summed E-state index contributed by atoms with van der Waals surface area (Å²) in [7, 11) is 0. The van der Waals surface area contributed by atoms with Gasteiger partial charge in [0.2, 0.25) is 0 Å². The smallest absolute Gasteiger partial charge is 0.254 e. The third-order valence-electron chi connectivity index (χ3n) is 3.95. The van der Waals surface area contributed by atoms with Crippen molar-refractivity contribution in [3.8, 4) is 16.9 Å². The molecule has 2 aromatic carbocycles. The summed E-state index contributed by atoms with van der Waals surface area (Å²) in [6, 6.07) is 10.6. The summed E-state index contributed by atoms with van der Waals surface area (Å²) in [6.45, 7) is -0.201. The molecule has 0 aliphatic carbocycles. The number of carbonyl (C=O) groups is 1. The summed E-state index contributed by atoms with van der Waals surface area (Å²) in [5.74, 6) is -0.378. The maximum absolute atomic E-state index is 14.3. The first-order chi connectivity index (χ1) is 12.9. The van der Waals surface area contributed by atoms with Crippen LogP contribution in [0.1, 0.15) is 13.1 Å². The Kier molecular flexibility index (Phi) is 4.81. The summed E-state index contributed by atoms with van der Waals surface area (Å²) < 4.78 is 39.9. The lowest BCUT2D eigenvalue weighted by atomic mass is 10.0. The van der Waals surface area contributed by atoms with Crippen molar-refractivity contribution in [2.24, 2.45) is 5.73 Å². The van der Waals surface area contributed by atoms with E-state index >= 15 is 0 Å². The fraction of sp³-hybridized carbons (Fsp3) is 0.316. The molecule has 0 bridgehead atoms. The zero-order chi connectivity index (χ0) is 19.4. The van der Waals surface area contributed by atoms with Crippen molar-refractivity contribution >= 4 is 5.91 Å². The third kappa shape index (κ3) is 4.15. The molecular weight excluding hydrogens is 323 g/mol. The lowest BCUT2D eigenvalue weighted by Gasteiger charge is -2.26. The topological polar surface area (TPSA) is 64.8 Å². The molecule has 6 heteroatoms. The normalized spacial score (nSPS) is 16.2. The second kappa shape index (κ2) is 8.09. The number of halogens is 1. The van der Waals surface area contributed by atoms with Crippen LogP contribution in [0.25, 0.3) is 11.1 Å². The van der Waals surface area contributed by atoms with E-state index in [-0.39, 0.29) is 23.8 Å². The van der Waals surface area contributed by atoms with Crippen LogP contribution in [0, 0.1) is 5.82 Å². The minimum Gasteiger partial charge on any atom is -0.492 e. The Morgan fingerprint density at radius 2 is 1.96 bits per heavy atom. The summed E-state index contributed by atoms with van der Waals surface area (Å²) in [5, 5.41) is 0. The Hall–Kier alpha value is -2.44. The number of morpholine rings is 1. The van der Waals surface area contributed by atoms with Crippen molar-refractivity contribution in [2.45, 2.75) is 0 Å². The molecule has 1 heterocycles. The van der Waals surface area contributed by atoms with E-state index in [1.54, 1.807) is 29.2 Å². The van der Waals surface area contributed by atoms with Gasteiger partial charge in [-0.1, -0.05) is 12.1 Å². The van der Waals surface area contributed by atoms with E-state index in [9.17, 15) is 9.18 Å². The first-order valence-corrected chi connectivity index (χ1v) is 8.06. The van der Waals surface area contributed by atoms with Crippen LogP contribution in [-0.4, -0.2) is 50.2 Å². The van der Waals surface area contributed by atoms with Crippen LogP contribution < -0.4 is 10.5 Å². The van der Waals surface area contributed by atoms with Crippen molar-refractivity contribution in [1.29, 1.82) is 0 Å². The summed E-state index contributed by atoms with van der Waals surface area (Å²) in [6.07, 6.45) is 0. The molecule has 0 aromatic heterocycles. The molecule has 1 aliphatic rings. The van der Waals surface area contributed by atoms with Gasteiger partial charge in [-0.15, -0.1) is 0 Å². The molecule has 0 atom stereocenters. The zero-order valence-corrected chi connectivity index (χ0v) is 13.7. The average Bonchev–Trinajstić information content (AvgIpc) is 2.69. The standard InChI is InChI=1S/C19H21FN2O3/c20-18-6-5-16(25-10-7-21)13-17(18)14-1-3-15(4-2-14)19(23)22-8-11-24-12-9-22/h1-6,13H,7-12,21H2/i10D2. The monoisotopic (exact) mass is 346 g/mol. The predicted octanol–water partition coefficient (Wildman–Crippen LogP) is 2.30. The number of ether oxygens (including phenoxy) is 2. The molecule has 0 radical (unpaired) electrons. The number of benzene rings is 2. The zero-order valence-electron chi connectivity index (χ0n) is 15.7. The van der Waals surface area contributed by atoms with Gasteiger partial charge in [0.25, 0.3) is 5.91 Å². The minimum atomic E-state index is -2.04. The first-order valence-electron chi connectivity index (χ1n) is 9.06. The van der Waals surface area contributed by atoms with Gasteiger partial charge in [-0.25, -0.2) is 4.39 Å². The summed E-state index contributed by atoms with van der Waals surface area (Å²) in [4.78, 5) is 14.2. The molecule has 1 fully saturated rings. The van der Waals surface area contributed by atoms with E-state index in [1.165, 1.54) is 18.2 Å². The Bertz CT molecular complexity index is 809. The number of nitrogens with two attached hydrogens (primary N) is 1. The maximum atomic E-state index is 14.3. The predicted molar refractivity (Wildman–Crippen MR) is 93.1 cm³/mol. The molecule has 2 N–H and O–H groups in total. The van der Waals surface area contributed by atoms with Crippen LogP contribution in [0.15, 0.2) is 42.5 Å². The van der Waals surface area contributed by atoms with Crippen molar-refractivity contribution in [1.82, 2.24) is 4.90 Å². The Morgan fingerprint density at radius 1 is 1.24 bits per heavy atom. The first kappa shape index (κ1) is 14.9. The molecule has 1 saturated heterocycles. The average molecular weight is 346 g/mol. The SMILES string of the molecule is [2H]C([2H])(CN)Oc1ccc(F)c(-c2ccc(C(=O)N3CCOCC3)cc2)c1. The number of rotatable bonds is 5. The van der Waals surface area contributed by atoms with Gasteiger partial charge in [0.1, 0.15) is 18.1 Å². The fourth-order valence-electron chi connectivity index (χ4n) is 2.66. The number of carbonyl (C=O) groups excluding carboxylic acids is 1. The van der Waals surface area contributed by atoms with Crippen LogP contribution in [0.3, 0.4) is 0 Å².